The minimum Gasteiger partial charge on any atom is -0.491 e. The number of halogens is 2. The molecule has 1 aliphatic rings. The minimum absolute atomic E-state index is 0.0135. The Morgan fingerprint density at radius 1 is 1.12 bits per heavy atom. The lowest BCUT2D eigenvalue weighted by molar-refractivity contribution is -0.139. The molecular formula is C30H26Cl2N2O5S. The number of fused-ring (bicyclic) bond motifs is 1. The third kappa shape index (κ3) is 5.52. The highest BCUT2D eigenvalue weighted by atomic mass is 35.5. The Balaban J connectivity index is 1.60. The van der Waals surface area contributed by atoms with Crippen LogP contribution in [0.4, 0.5) is 0 Å². The average Bonchev–Trinajstić information content (AvgIpc) is 3.49. The number of allylic oxidation sites excluding steroid dienone is 1. The zero-order valence-electron chi connectivity index (χ0n) is 22.2. The Labute approximate surface area is 244 Å². The molecule has 0 N–H and O–H groups in total. The van der Waals surface area contributed by atoms with E-state index in [1.165, 1.54) is 15.9 Å². The van der Waals surface area contributed by atoms with E-state index in [1.54, 1.807) is 44.2 Å². The minimum atomic E-state index is -0.714. The molecule has 0 unspecified atom stereocenters. The Bertz CT molecular complexity index is 1800. The number of furan rings is 1. The molecule has 2 aromatic carbocycles. The number of aromatic nitrogens is 1. The van der Waals surface area contributed by atoms with Crippen LogP contribution in [0.3, 0.4) is 0 Å². The molecule has 10 heteroatoms. The van der Waals surface area contributed by atoms with Gasteiger partial charge in [-0.3, -0.25) is 9.36 Å². The second kappa shape index (κ2) is 11.5. The first-order valence-electron chi connectivity index (χ1n) is 12.7. The van der Waals surface area contributed by atoms with Gasteiger partial charge in [-0.2, -0.15) is 0 Å². The molecule has 0 saturated carbocycles. The van der Waals surface area contributed by atoms with E-state index in [2.05, 4.69) is 4.99 Å². The fourth-order valence-electron chi connectivity index (χ4n) is 4.47. The third-order valence-electron chi connectivity index (χ3n) is 6.19. The molecule has 2 aromatic heterocycles. The van der Waals surface area contributed by atoms with Crippen molar-refractivity contribution in [2.45, 2.75) is 39.8 Å². The van der Waals surface area contributed by atoms with E-state index in [9.17, 15) is 9.59 Å². The van der Waals surface area contributed by atoms with Gasteiger partial charge in [0.2, 0.25) is 0 Å². The first kappa shape index (κ1) is 28.0. The molecule has 0 amide bonds. The lowest BCUT2D eigenvalue weighted by Crippen LogP contribution is -2.39. The highest BCUT2D eigenvalue weighted by Gasteiger charge is 2.33. The molecule has 40 heavy (non-hydrogen) atoms. The van der Waals surface area contributed by atoms with Crippen LogP contribution in [-0.4, -0.2) is 23.2 Å². The van der Waals surface area contributed by atoms with Gasteiger partial charge >= 0.3 is 5.97 Å². The summed E-state index contributed by atoms with van der Waals surface area (Å²) in [4.78, 5) is 32.0. The summed E-state index contributed by atoms with van der Waals surface area (Å²) in [6.45, 7) is 7.59. The van der Waals surface area contributed by atoms with E-state index >= 15 is 0 Å². The van der Waals surface area contributed by atoms with Crippen molar-refractivity contribution in [1.82, 2.24) is 4.57 Å². The SMILES string of the molecule is CCOC(=O)C1=C(C)N=c2s/c(=C\c3ccc(-c4ccc(Cl)c(Cl)c4)o3)c(=O)n2[C@H]1c1ccc(OC(C)C)cc1. The van der Waals surface area contributed by atoms with E-state index in [-0.39, 0.29) is 18.3 Å². The van der Waals surface area contributed by atoms with Crippen molar-refractivity contribution in [1.29, 1.82) is 0 Å². The van der Waals surface area contributed by atoms with Gasteiger partial charge in [-0.25, -0.2) is 9.79 Å². The number of ether oxygens (including phenoxy) is 2. The monoisotopic (exact) mass is 596 g/mol. The smallest absolute Gasteiger partial charge is 0.338 e. The van der Waals surface area contributed by atoms with Gasteiger partial charge in [0.05, 0.1) is 44.6 Å². The number of hydrogen-bond acceptors (Lipinski definition) is 7. The molecule has 0 bridgehead atoms. The van der Waals surface area contributed by atoms with Gasteiger partial charge in [0.1, 0.15) is 17.3 Å². The van der Waals surface area contributed by atoms with Crippen molar-refractivity contribution in [3.63, 3.8) is 0 Å². The highest BCUT2D eigenvalue weighted by molar-refractivity contribution is 7.07. The number of benzene rings is 2. The summed E-state index contributed by atoms with van der Waals surface area (Å²) in [7, 11) is 0. The van der Waals surface area contributed by atoms with Gasteiger partial charge in [0, 0.05) is 11.6 Å². The van der Waals surface area contributed by atoms with Gasteiger partial charge in [-0.05, 0) is 75.7 Å². The van der Waals surface area contributed by atoms with Crippen LogP contribution in [-0.2, 0) is 9.53 Å². The number of thiazole rings is 1. The maximum atomic E-state index is 13.8. The summed E-state index contributed by atoms with van der Waals surface area (Å²) in [5.41, 5.74) is 2.02. The molecule has 5 rings (SSSR count). The van der Waals surface area contributed by atoms with Crippen LogP contribution in [0, 0.1) is 0 Å². The molecule has 1 atom stereocenters. The van der Waals surface area contributed by atoms with Crippen LogP contribution >= 0.6 is 34.5 Å². The quantitative estimate of drug-likeness (QED) is 0.239. The normalized spacial score (nSPS) is 15.3. The van der Waals surface area contributed by atoms with Crippen LogP contribution in [0.15, 0.2) is 80.1 Å². The number of hydrogen-bond donors (Lipinski definition) is 0. The first-order valence-corrected chi connectivity index (χ1v) is 14.2. The Hall–Kier alpha value is -3.59. The molecule has 0 aliphatic carbocycles. The molecule has 3 heterocycles. The van der Waals surface area contributed by atoms with Gasteiger partial charge in [0.25, 0.3) is 5.56 Å². The van der Waals surface area contributed by atoms with Gasteiger partial charge in [-0.15, -0.1) is 0 Å². The second-order valence-electron chi connectivity index (χ2n) is 9.37. The maximum Gasteiger partial charge on any atom is 0.338 e. The second-order valence-corrected chi connectivity index (χ2v) is 11.2. The molecule has 0 spiro atoms. The van der Waals surface area contributed by atoms with Crippen molar-refractivity contribution < 1.29 is 18.7 Å². The molecule has 0 radical (unpaired) electrons. The van der Waals surface area contributed by atoms with Crippen molar-refractivity contribution in [3.8, 4) is 17.1 Å². The van der Waals surface area contributed by atoms with E-state index in [0.717, 1.165) is 11.1 Å². The van der Waals surface area contributed by atoms with Crippen molar-refractivity contribution in [2.75, 3.05) is 6.61 Å². The number of nitrogens with zero attached hydrogens (tertiary/aromatic N) is 2. The predicted molar refractivity (Wildman–Crippen MR) is 157 cm³/mol. The maximum absolute atomic E-state index is 13.8. The van der Waals surface area contributed by atoms with Crippen molar-refractivity contribution in [3.05, 3.63) is 107 Å². The fraction of sp³-hybridized carbons (Fsp3) is 0.233. The summed E-state index contributed by atoms with van der Waals surface area (Å²) in [6, 6.07) is 15.5. The van der Waals surface area contributed by atoms with Gasteiger partial charge in [0.15, 0.2) is 4.80 Å². The number of rotatable bonds is 7. The summed E-state index contributed by atoms with van der Waals surface area (Å²) < 4.78 is 19.1. The Morgan fingerprint density at radius 3 is 2.55 bits per heavy atom. The van der Waals surface area contributed by atoms with Crippen molar-refractivity contribution in [2.24, 2.45) is 4.99 Å². The topological polar surface area (TPSA) is 83.0 Å². The van der Waals surface area contributed by atoms with Gasteiger partial charge < -0.3 is 13.9 Å². The van der Waals surface area contributed by atoms with E-state index < -0.39 is 12.0 Å². The van der Waals surface area contributed by atoms with E-state index in [1.807, 2.05) is 44.2 Å². The molecule has 0 fully saturated rings. The molecule has 0 saturated heterocycles. The fourth-order valence-corrected chi connectivity index (χ4v) is 5.80. The van der Waals surface area contributed by atoms with Gasteiger partial charge in [-0.1, -0.05) is 46.7 Å². The highest BCUT2D eigenvalue weighted by Crippen LogP contribution is 2.32. The lowest BCUT2D eigenvalue weighted by Gasteiger charge is -2.25. The standard InChI is InChI=1S/C30H26Cl2N2O5S/c1-5-37-29(36)26-17(4)33-30-34(27(26)18-6-9-20(10-7-18)38-16(2)3)28(35)25(40-30)15-21-11-13-24(39-21)19-8-12-22(31)23(32)14-19/h6-16,27H,5H2,1-4H3/b25-15-/t27-/m0/s1. The molecule has 206 valence electrons. The van der Waals surface area contributed by atoms with E-state index in [0.29, 0.717) is 47.9 Å². The molecule has 4 aromatic rings. The number of carbonyl (C=O) groups is 1. The molecule has 7 nitrogen and oxygen atoms in total. The first-order chi connectivity index (χ1) is 19.2. The van der Waals surface area contributed by atoms with E-state index in [4.69, 9.17) is 37.1 Å². The Morgan fingerprint density at radius 2 is 1.88 bits per heavy atom. The average molecular weight is 598 g/mol. The van der Waals surface area contributed by atoms with Crippen LogP contribution in [0.25, 0.3) is 17.4 Å². The molecule has 1 aliphatic heterocycles. The van der Waals surface area contributed by atoms with Crippen LogP contribution in [0.2, 0.25) is 10.0 Å². The molecular weight excluding hydrogens is 571 g/mol. The van der Waals surface area contributed by atoms with Crippen LogP contribution < -0.4 is 19.6 Å². The zero-order valence-corrected chi connectivity index (χ0v) is 24.6. The van der Waals surface area contributed by atoms with Crippen LogP contribution in [0.1, 0.15) is 45.1 Å². The van der Waals surface area contributed by atoms with Crippen LogP contribution in [0.5, 0.6) is 5.75 Å². The summed E-state index contributed by atoms with van der Waals surface area (Å²) in [6.07, 6.45) is 1.68. The zero-order chi connectivity index (χ0) is 28.6. The predicted octanol–water partition coefficient (Wildman–Crippen LogP) is 6.15. The van der Waals surface area contributed by atoms with Crippen molar-refractivity contribution >= 4 is 46.6 Å². The Kier molecular flexibility index (Phi) is 8.03. The summed E-state index contributed by atoms with van der Waals surface area (Å²) >= 11 is 13.4. The third-order valence-corrected chi connectivity index (χ3v) is 7.91. The summed E-state index contributed by atoms with van der Waals surface area (Å²) in [5.74, 6) is 1.25. The number of esters is 1. The number of carbonyl (C=O) groups excluding carboxylic acids is 1. The largest absolute Gasteiger partial charge is 0.491 e. The lowest BCUT2D eigenvalue weighted by atomic mass is 9.96. The summed E-state index contributed by atoms with van der Waals surface area (Å²) in [5, 5.41) is 0.870.